The van der Waals surface area contributed by atoms with Gasteiger partial charge in [-0.05, 0) is 42.4 Å². The fourth-order valence-corrected chi connectivity index (χ4v) is 5.96. The largest absolute Gasteiger partial charge is 0.480 e. The first-order valence-electron chi connectivity index (χ1n) is 11.3. The molecule has 1 aromatic carbocycles. The number of aliphatic carboxylic acids is 1. The molecule has 1 spiro atoms. The molecule has 3 heterocycles. The molecule has 0 unspecified atom stereocenters. The van der Waals surface area contributed by atoms with E-state index < -0.39 is 29.2 Å². The smallest absolute Gasteiger partial charge is 0.321 e. The molecular formula is C25H29ClFN3O2. The minimum Gasteiger partial charge on any atom is -0.480 e. The Labute approximate surface area is 192 Å². The monoisotopic (exact) mass is 457 g/mol. The summed E-state index contributed by atoms with van der Waals surface area (Å²) in [5, 5.41) is 17.1. The summed E-state index contributed by atoms with van der Waals surface area (Å²) in [4.78, 5) is 17.2. The highest BCUT2D eigenvalue weighted by molar-refractivity contribution is 6.30. The fourth-order valence-electron chi connectivity index (χ4n) is 5.78. The van der Waals surface area contributed by atoms with Gasteiger partial charge in [0.05, 0.1) is 5.02 Å². The first-order chi connectivity index (χ1) is 15.1. The van der Waals surface area contributed by atoms with Crippen molar-refractivity contribution < 1.29 is 14.3 Å². The average Bonchev–Trinajstić information content (AvgIpc) is 3.44. The molecule has 0 bridgehead atoms. The van der Waals surface area contributed by atoms with Crippen molar-refractivity contribution in [2.45, 2.75) is 69.4 Å². The number of carbonyl (C=O) groups is 1. The third-order valence-corrected chi connectivity index (χ3v) is 7.58. The van der Waals surface area contributed by atoms with Gasteiger partial charge in [0.15, 0.2) is 0 Å². The Bertz CT molecular complexity index is 1080. The molecule has 3 aliphatic rings. The van der Waals surface area contributed by atoms with E-state index in [0.717, 1.165) is 36.2 Å². The molecule has 1 saturated heterocycles. The lowest BCUT2D eigenvalue weighted by Gasteiger charge is -2.39. The number of anilines is 1. The van der Waals surface area contributed by atoms with Crippen LogP contribution in [0.15, 0.2) is 30.5 Å². The Kier molecular flexibility index (Phi) is 5.02. The standard InChI is InChI=1S/C25H29ClFN3O2/c1-24(2,3)10-19-25(12-29-18-9-17(13-7-8-13)28-11-15(18)25)20(22(30-19)23(31)32)14-5-4-6-16(26)21(14)27/h4-6,9,11,13,19-20,22,29-30H,7-8,10,12H2,1-3H3,(H,31,32)/t19-,20-,22+,25-/m0/s1. The van der Waals surface area contributed by atoms with Crippen LogP contribution in [0.1, 0.15) is 68.7 Å². The lowest BCUT2D eigenvalue weighted by molar-refractivity contribution is -0.139. The molecule has 2 aliphatic heterocycles. The molecular weight excluding hydrogens is 429 g/mol. The van der Waals surface area contributed by atoms with Crippen molar-refractivity contribution in [1.29, 1.82) is 0 Å². The van der Waals surface area contributed by atoms with Gasteiger partial charge in [-0.25, -0.2) is 4.39 Å². The molecule has 1 aliphatic carbocycles. The Balaban J connectivity index is 1.71. The van der Waals surface area contributed by atoms with Gasteiger partial charge in [0, 0.05) is 53.0 Å². The number of hydrogen-bond acceptors (Lipinski definition) is 4. The van der Waals surface area contributed by atoms with Crippen LogP contribution >= 0.6 is 11.6 Å². The Hall–Kier alpha value is -2.18. The lowest BCUT2D eigenvalue weighted by Crippen LogP contribution is -2.46. The Morgan fingerprint density at radius 1 is 1.34 bits per heavy atom. The van der Waals surface area contributed by atoms with E-state index in [1.165, 1.54) is 6.07 Å². The first-order valence-corrected chi connectivity index (χ1v) is 11.7. The van der Waals surface area contributed by atoms with E-state index in [4.69, 9.17) is 16.6 Å². The summed E-state index contributed by atoms with van der Waals surface area (Å²) in [5.74, 6) is -1.65. The Morgan fingerprint density at radius 2 is 2.09 bits per heavy atom. The number of rotatable bonds is 4. The molecule has 0 radical (unpaired) electrons. The zero-order valence-corrected chi connectivity index (χ0v) is 19.3. The van der Waals surface area contributed by atoms with E-state index >= 15 is 4.39 Å². The van der Waals surface area contributed by atoms with Crippen molar-refractivity contribution in [3.63, 3.8) is 0 Å². The maximum atomic E-state index is 15.4. The van der Waals surface area contributed by atoms with Gasteiger partial charge >= 0.3 is 5.97 Å². The Morgan fingerprint density at radius 3 is 2.75 bits per heavy atom. The minimum absolute atomic E-state index is 0.00875. The number of carboxylic acids is 1. The number of hydrogen-bond donors (Lipinski definition) is 3. The molecule has 1 saturated carbocycles. The third kappa shape index (κ3) is 3.39. The lowest BCUT2D eigenvalue weighted by atomic mass is 9.63. The van der Waals surface area contributed by atoms with Crippen molar-refractivity contribution >= 4 is 23.3 Å². The number of nitrogens with zero attached hydrogens (tertiary/aromatic N) is 1. The van der Waals surface area contributed by atoms with Crippen LogP contribution in [0.4, 0.5) is 10.1 Å². The molecule has 2 aromatic rings. The maximum Gasteiger partial charge on any atom is 0.321 e. The summed E-state index contributed by atoms with van der Waals surface area (Å²) in [6.45, 7) is 6.95. The van der Waals surface area contributed by atoms with Gasteiger partial charge in [0.25, 0.3) is 0 Å². The molecule has 3 N–H and O–H groups in total. The molecule has 5 nitrogen and oxygen atoms in total. The van der Waals surface area contributed by atoms with Gasteiger partial charge in [0.2, 0.25) is 0 Å². The van der Waals surface area contributed by atoms with E-state index in [9.17, 15) is 9.90 Å². The molecule has 32 heavy (non-hydrogen) atoms. The van der Waals surface area contributed by atoms with Crippen LogP contribution in [-0.2, 0) is 10.2 Å². The number of pyridine rings is 1. The summed E-state index contributed by atoms with van der Waals surface area (Å²) in [6, 6.07) is 5.87. The van der Waals surface area contributed by atoms with Gasteiger partial charge in [-0.15, -0.1) is 0 Å². The summed E-state index contributed by atoms with van der Waals surface area (Å²) in [7, 11) is 0. The molecule has 7 heteroatoms. The van der Waals surface area contributed by atoms with Crippen molar-refractivity contribution in [1.82, 2.24) is 10.3 Å². The highest BCUT2D eigenvalue weighted by Gasteiger charge is 2.62. The number of benzene rings is 1. The molecule has 2 fully saturated rings. The van der Waals surface area contributed by atoms with Crippen LogP contribution in [-0.4, -0.2) is 34.7 Å². The fraction of sp³-hybridized carbons (Fsp3) is 0.520. The van der Waals surface area contributed by atoms with Crippen molar-refractivity contribution in [3.8, 4) is 0 Å². The quantitative estimate of drug-likeness (QED) is 0.598. The number of fused-ring (bicyclic) bond motifs is 2. The zero-order valence-electron chi connectivity index (χ0n) is 18.6. The van der Waals surface area contributed by atoms with Crippen LogP contribution in [0.2, 0.25) is 5.02 Å². The van der Waals surface area contributed by atoms with Crippen LogP contribution in [0.5, 0.6) is 0 Å². The van der Waals surface area contributed by atoms with Gasteiger partial charge in [0.1, 0.15) is 11.9 Å². The second-order valence-electron chi connectivity index (χ2n) is 10.7. The molecule has 1 aromatic heterocycles. The van der Waals surface area contributed by atoms with Gasteiger partial charge in [-0.1, -0.05) is 44.5 Å². The summed E-state index contributed by atoms with van der Waals surface area (Å²) in [5.41, 5.74) is 2.66. The van der Waals surface area contributed by atoms with Crippen LogP contribution in [0.25, 0.3) is 0 Å². The molecule has 5 rings (SSSR count). The predicted octanol–water partition coefficient (Wildman–Crippen LogP) is 5.06. The second-order valence-corrected chi connectivity index (χ2v) is 11.2. The number of nitrogens with one attached hydrogen (secondary N) is 2. The van der Waals surface area contributed by atoms with Crippen LogP contribution in [0.3, 0.4) is 0 Å². The maximum absolute atomic E-state index is 15.4. The van der Waals surface area contributed by atoms with Gasteiger partial charge < -0.3 is 15.7 Å². The first kappa shape index (κ1) is 21.7. The van der Waals surface area contributed by atoms with Crippen LogP contribution < -0.4 is 10.6 Å². The third-order valence-electron chi connectivity index (χ3n) is 7.28. The highest BCUT2D eigenvalue weighted by Crippen LogP contribution is 2.56. The normalized spacial score (nSPS) is 29.2. The molecule has 170 valence electrons. The zero-order chi connectivity index (χ0) is 22.8. The number of carboxylic acid groups (broad SMARTS) is 1. The van der Waals surface area contributed by atoms with E-state index in [1.54, 1.807) is 12.1 Å². The van der Waals surface area contributed by atoms with E-state index in [-0.39, 0.29) is 16.5 Å². The second kappa shape index (κ2) is 7.42. The van der Waals surface area contributed by atoms with Gasteiger partial charge in [-0.3, -0.25) is 9.78 Å². The average molecular weight is 458 g/mol. The number of halogens is 2. The summed E-state index contributed by atoms with van der Waals surface area (Å²) >= 11 is 6.15. The van der Waals surface area contributed by atoms with Crippen molar-refractivity contribution in [2.24, 2.45) is 5.41 Å². The van der Waals surface area contributed by atoms with E-state index in [2.05, 4.69) is 37.5 Å². The van der Waals surface area contributed by atoms with Crippen LogP contribution in [0, 0.1) is 11.2 Å². The van der Waals surface area contributed by atoms with E-state index in [1.807, 2.05) is 6.20 Å². The topological polar surface area (TPSA) is 74.2 Å². The highest BCUT2D eigenvalue weighted by atomic mass is 35.5. The molecule has 4 atom stereocenters. The summed E-state index contributed by atoms with van der Waals surface area (Å²) < 4.78 is 15.4. The number of aromatic nitrogens is 1. The minimum atomic E-state index is -0.985. The van der Waals surface area contributed by atoms with Gasteiger partial charge in [-0.2, -0.15) is 0 Å². The van der Waals surface area contributed by atoms with Crippen molar-refractivity contribution in [2.75, 3.05) is 11.9 Å². The van der Waals surface area contributed by atoms with E-state index in [0.29, 0.717) is 18.0 Å². The van der Waals surface area contributed by atoms with Crippen molar-refractivity contribution in [3.05, 3.63) is 58.1 Å². The predicted molar refractivity (Wildman–Crippen MR) is 123 cm³/mol. The molecule has 0 amide bonds. The summed E-state index contributed by atoms with van der Waals surface area (Å²) in [6.07, 6.45) is 4.95. The SMILES string of the molecule is CC(C)(C)C[C@@H]1N[C@@H](C(=O)O)[C@H](c2cccc(Cl)c2F)[C@]12CNc1cc(C3CC3)ncc12.